The van der Waals surface area contributed by atoms with Gasteiger partial charge in [-0.3, -0.25) is 9.89 Å². The van der Waals surface area contributed by atoms with Gasteiger partial charge in [0.2, 0.25) is 0 Å². The van der Waals surface area contributed by atoms with Crippen LogP contribution < -0.4 is 10.6 Å². The molecule has 2 aromatic rings. The standard InChI is InChI=1S/C20H31N5S2.HI/c1-3-19-24-16(15-27-19)9-10-22-20(21-4-2)23-14-17(18-8-7-13-26-18)25-11-5-6-12-25;/h7-8,13,15,17H,3-6,9-12,14H2,1-2H3,(H2,21,22,23);1H. The minimum Gasteiger partial charge on any atom is -0.357 e. The third-order valence-corrected chi connectivity index (χ3v) is 6.81. The summed E-state index contributed by atoms with van der Waals surface area (Å²) in [5.41, 5.74) is 1.17. The lowest BCUT2D eigenvalue weighted by Gasteiger charge is -2.25. The average molecular weight is 534 g/mol. The number of guanidine groups is 1. The Labute approximate surface area is 194 Å². The van der Waals surface area contributed by atoms with Crippen LogP contribution in [0.1, 0.15) is 48.3 Å². The van der Waals surface area contributed by atoms with Crippen molar-refractivity contribution < 1.29 is 0 Å². The summed E-state index contributed by atoms with van der Waals surface area (Å²) in [4.78, 5) is 13.6. The number of thiophene rings is 1. The van der Waals surface area contributed by atoms with Crippen LogP contribution in [0.2, 0.25) is 0 Å². The number of halogens is 1. The summed E-state index contributed by atoms with van der Waals surface area (Å²) in [6.45, 7) is 9.16. The summed E-state index contributed by atoms with van der Waals surface area (Å²) in [5, 5.41) is 12.4. The second-order valence-corrected chi connectivity index (χ2v) is 8.68. The first-order valence-corrected chi connectivity index (χ1v) is 11.8. The smallest absolute Gasteiger partial charge is 0.191 e. The lowest BCUT2D eigenvalue weighted by molar-refractivity contribution is 0.255. The number of hydrogen-bond acceptors (Lipinski definition) is 5. The molecule has 1 atom stereocenters. The summed E-state index contributed by atoms with van der Waals surface area (Å²) in [7, 11) is 0. The molecule has 0 aromatic carbocycles. The lowest BCUT2D eigenvalue weighted by Crippen LogP contribution is -2.39. The lowest BCUT2D eigenvalue weighted by atomic mass is 10.2. The predicted molar refractivity (Wildman–Crippen MR) is 132 cm³/mol. The van der Waals surface area contributed by atoms with Gasteiger partial charge in [0.1, 0.15) is 0 Å². The van der Waals surface area contributed by atoms with Crippen LogP contribution in [0.15, 0.2) is 27.9 Å². The van der Waals surface area contributed by atoms with E-state index in [1.54, 1.807) is 11.3 Å². The monoisotopic (exact) mass is 533 g/mol. The molecule has 1 unspecified atom stereocenters. The van der Waals surface area contributed by atoms with Crippen LogP contribution in [0.4, 0.5) is 0 Å². The summed E-state index contributed by atoms with van der Waals surface area (Å²) in [5.74, 6) is 0.907. The molecule has 0 radical (unpaired) electrons. The van der Waals surface area contributed by atoms with Crippen molar-refractivity contribution in [3.05, 3.63) is 38.5 Å². The van der Waals surface area contributed by atoms with Gasteiger partial charge in [0.15, 0.2) is 5.96 Å². The normalized spacial score (nSPS) is 16.0. The molecule has 3 heterocycles. The van der Waals surface area contributed by atoms with Crippen LogP contribution in [-0.2, 0) is 12.8 Å². The number of likely N-dealkylation sites (tertiary alicyclic amines) is 1. The van der Waals surface area contributed by atoms with Crippen molar-refractivity contribution in [1.82, 2.24) is 20.5 Å². The molecule has 0 spiro atoms. The van der Waals surface area contributed by atoms with Gasteiger partial charge in [-0.1, -0.05) is 13.0 Å². The average Bonchev–Trinajstić information content (AvgIpc) is 3.44. The van der Waals surface area contributed by atoms with Gasteiger partial charge in [0, 0.05) is 29.8 Å². The Kier molecular flexibility index (Phi) is 10.7. The van der Waals surface area contributed by atoms with E-state index in [0.29, 0.717) is 6.04 Å². The van der Waals surface area contributed by atoms with E-state index in [9.17, 15) is 0 Å². The van der Waals surface area contributed by atoms with E-state index >= 15 is 0 Å². The number of aromatic nitrogens is 1. The third kappa shape index (κ3) is 6.96. The Hall–Kier alpha value is -0.710. The van der Waals surface area contributed by atoms with Gasteiger partial charge in [-0.2, -0.15) is 0 Å². The van der Waals surface area contributed by atoms with E-state index in [4.69, 9.17) is 4.99 Å². The molecule has 3 rings (SSSR count). The molecule has 0 bridgehead atoms. The van der Waals surface area contributed by atoms with Gasteiger partial charge < -0.3 is 10.6 Å². The second-order valence-electron chi connectivity index (χ2n) is 6.76. The molecule has 2 N–H and O–H groups in total. The molecule has 2 aromatic heterocycles. The van der Waals surface area contributed by atoms with Crippen molar-refractivity contribution in [2.24, 2.45) is 4.99 Å². The maximum Gasteiger partial charge on any atom is 0.191 e. The number of hydrogen-bond donors (Lipinski definition) is 2. The molecule has 1 fully saturated rings. The number of rotatable bonds is 9. The summed E-state index contributed by atoms with van der Waals surface area (Å²) in [6.07, 6.45) is 4.55. The Bertz CT molecular complexity index is 695. The van der Waals surface area contributed by atoms with Crippen molar-refractivity contribution >= 4 is 52.6 Å². The SMILES string of the molecule is CCNC(=NCC(c1cccs1)N1CCCC1)NCCc1csc(CC)n1.I. The van der Waals surface area contributed by atoms with Gasteiger partial charge in [-0.25, -0.2) is 4.98 Å². The third-order valence-electron chi connectivity index (χ3n) is 4.79. The number of nitrogens with one attached hydrogen (secondary N) is 2. The first kappa shape index (κ1) is 23.6. The first-order chi connectivity index (χ1) is 13.3. The number of aliphatic imine (C=N–C) groups is 1. The van der Waals surface area contributed by atoms with Crippen molar-refractivity contribution in [3.8, 4) is 0 Å². The predicted octanol–water partition coefficient (Wildman–Crippen LogP) is 4.32. The Balaban J connectivity index is 0.00000280. The van der Waals surface area contributed by atoms with Crippen molar-refractivity contribution in [2.75, 3.05) is 32.7 Å². The molecule has 0 amide bonds. The molecule has 0 aliphatic carbocycles. The van der Waals surface area contributed by atoms with E-state index in [2.05, 4.69) is 57.3 Å². The fourth-order valence-electron chi connectivity index (χ4n) is 3.37. The fraction of sp³-hybridized carbons (Fsp3) is 0.600. The molecule has 8 heteroatoms. The largest absolute Gasteiger partial charge is 0.357 e. The fourth-order valence-corrected chi connectivity index (χ4v) is 5.01. The zero-order chi connectivity index (χ0) is 18.9. The molecule has 5 nitrogen and oxygen atoms in total. The van der Waals surface area contributed by atoms with Crippen LogP contribution >= 0.6 is 46.7 Å². The maximum atomic E-state index is 4.91. The minimum atomic E-state index is 0. The number of nitrogens with zero attached hydrogens (tertiary/aromatic N) is 3. The molecule has 1 aliphatic heterocycles. The van der Waals surface area contributed by atoms with E-state index in [-0.39, 0.29) is 24.0 Å². The van der Waals surface area contributed by atoms with Gasteiger partial charge >= 0.3 is 0 Å². The highest BCUT2D eigenvalue weighted by Crippen LogP contribution is 2.28. The van der Waals surface area contributed by atoms with Crippen molar-refractivity contribution in [3.63, 3.8) is 0 Å². The number of thiazole rings is 1. The highest BCUT2D eigenvalue weighted by Gasteiger charge is 2.24. The topological polar surface area (TPSA) is 52.6 Å². The van der Waals surface area contributed by atoms with E-state index < -0.39 is 0 Å². The molecule has 1 aliphatic rings. The maximum absolute atomic E-state index is 4.91. The molecule has 28 heavy (non-hydrogen) atoms. The highest BCUT2D eigenvalue weighted by atomic mass is 127. The minimum absolute atomic E-state index is 0. The van der Waals surface area contributed by atoms with Crippen LogP contribution in [-0.4, -0.2) is 48.6 Å². The van der Waals surface area contributed by atoms with E-state index in [1.807, 2.05) is 11.3 Å². The van der Waals surface area contributed by atoms with Gasteiger partial charge in [-0.15, -0.1) is 46.7 Å². The van der Waals surface area contributed by atoms with Crippen LogP contribution in [0.5, 0.6) is 0 Å². The quantitative estimate of drug-likeness (QED) is 0.287. The highest BCUT2D eigenvalue weighted by molar-refractivity contribution is 14.0. The van der Waals surface area contributed by atoms with Gasteiger partial charge in [0.25, 0.3) is 0 Å². The Morgan fingerprint density at radius 2 is 2.07 bits per heavy atom. The number of aryl methyl sites for hydroxylation is 1. The van der Waals surface area contributed by atoms with Crippen LogP contribution in [0, 0.1) is 0 Å². The zero-order valence-electron chi connectivity index (χ0n) is 16.8. The summed E-state index contributed by atoms with van der Waals surface area (Å²) < 4.78 is 0. The first-order valence-electron chi connectivity index (χ1n) is 10.0. The molecule has 156 valence electrons. The summed E-state index contributed by atoms with van der Waals surface area (Å²) in [6, 6.07) is 4.79. The molecule has 1 saturated heterocycles. The zero-order valence-corrected chi connectivity index (χ0v) is 20.8. The van der Waals surface area contributed by atoms with Crippen molar-refractivity contribution in [2.45, 2.75) is 45.6 Å². The Morgan fingerprint density at radius 1 is 1.25 bits per heavy atom. The van der Waals surface area contributed by atoms with E-state index in [0.717, 1.165) is 38.4 Å². The Morgan fingerprint density at radius 3 is 2.71 bits per heavy atom. The molecular weight excluding hydrogens is 501 g/mol. The van der Waals surface area contributed by atoms with Crippen LogP contribution in [0.25, 0.3) is 0 Å². The second kappa shape index (κ2) is 12.8. The molecule has 0 saturated carbocycles. The van der Waals surface area contributed by atoms with Crippen LogP contribution in [0.3, 0.4) is 0 Å². The van der Waals surface area contributed by atoms with Crippen molar-refractivity contribution in [1.29, 1.82) is 0 Å². The molecular formula is C20H32IN5S2. The van der Waals surface area contributed by atoms with Gasteiger partial charge in [0.05, 0.1) is 23.3 Å². The summed E-state index contributed by atoms with van der Waals surface area (Å²) >= 11 is 3.60. The van der Waals surface area contributed by atoms with E-state index in [1.165, 1.54) is 41.5 Å². The van der Waals surface area contributed by atoms with Gasteiger partial charge in [-0.05, 0) is 50.7 Å².